The second kappa shape index (κ2) is 11.1. The molecule has 1 aliphatic rings. The number of carbonyl (C=O) groups is 2. The van der Waals surface area contributed by atoms with E-state index >= 15 is 0 Å². The van der Waals surface area contributed by atoms with Crippen molar-refractivity contribution in [1.29, 1.82) is 0 Å². The van der Waals surface area contributed by atoms with Crippen LogP contribution in [0.1, 0.15) is 29.8 Å². The van der Waals surface area contributed by atoms with E-state index in [1.807, 2.05) is 18.7 Å². The van der Waals surface area contributed by atoms with Gasteiger partial charge in [0.1, 0.15) is 17.7 Å². The molecule has 0 aromatic carbocycles. The molecule has 0 radical (unpaired) electrons. The summed E-state index contributed by atoms with van der Waals surface area (Å²) in [6, 6.07) is 1.51. The monoisotopic (exact) mass is 516 g/mol. The first-order valence-electron chi connectivity index (χ1n) is 11.6. The fraction of sp³-hybridized carbons (Fsp3) is 0.478. The summed E-state index contributed by atoms with van der Waals surface area (Å²) in [6.07, 6.45) is 2.58. The van der Waals surface area contributed by atoms with E-state index in [-0.39, 0.29) is 34.5 Å². The molecule has 36 heavy (non-hydrogen) atoms. The van der Waals surface area contributed by atoms with Gasteiger partial charge in [0.05, 0.1) is 30.6 Å². The second-order valence-corrected chi connectivity index (χ2v) is 9.15. The molecule has 3 aromatic rings. The highest BCUT2D eigenvalue weighted by Crippen LogP contribution is 2.28. The molecule has 1 saturated heterocycles. The average Bonchev–Trinajstić information content (AvgIpc) is 3.34. The van der Waals surface area contributed by atoms with E-state index in [1.54, 1.807) is 13.0 Å². The van der Waals surface area contributed by atoms with Gasteiger partial charge in [0, 0.05) is 44.0 Å². The molecular formula is C23H28N6O6S. The number of carboxylic acids is 1. The Hall–Kier alpha value is -3.42. The molecule has 0 bridgehead atoms. The Kier molecular flexibility index (Phi) is 7.91. The van der Waals surface area contributed by atoms with E-state index in [0.29, 0.717) is 56.0 Å². The van der Waals surface area contributed by atoms with Gasteiger partial charge in [-0.1, -0.05) is 0 Å². The summed E-state index contributed by atoms with van der Waals surface area (Å²) in [5, 5.41) is 13.1. The van der Waals surface area contributed by atoms with Crippen LogP contribution < -0.4 is 15.6 Å². The number of aryl methyl sites for hydroxylation is 1. The quantitative estimate of drug-likeness (QED) is 0.381. The number of fused-ring (bicyclic) bond motifs is 1. The molecule has 192 valence electrons. The number of carbonyl (C=O) groups excluding carboxylic acids is 1. The summed E-state index contributed by atoms with van der Waals surface area (Å²) < 4.78 is 16.4. The molecule has 0 unspecified atom stereocenters. The van der Waals surface area contributed by atoms with Gasteiger partial charge in [-0.3, -0.25) is 14.2 Å². The van der Waals surface area contributed by atoms with Crippen molar-refractivity contribution in [2.24, 2.45) is 5.92 Å². The van der Waals surface area contributed by atoms with Gasteiger partial charge in [-0.15, -0.1) is 0 Å². The van der Waals surface area contributed by atoms with Crippen LogP contribution in [-0.2, 0) is 14.3 Å². The van der Waals surface area contributed by atoms with Crippen molar-refractivity contribution < 1.29 is 24.2 Å². The first-order chi connectivity index (χ1) is 17.3. The maximum atomic E-state index is 12.9. The molecule has 1 aliphatic heterocycles. The normalized spacial score (nSPS) is 13.8. The van der Waals surface area contributed by atoms with Crippen LogP contribution >= 0.6 is 11.5 Å². The molecule has 1 amide bonds. The fourth-order valence-electron chi connectivity index (χ4n) is 4.01. The summed E-state index contributed by atoms with van der Waals surface area (Å²) in [5.74, 6) is -1.05. The highest BCUT2D eigenvalue weighted by molar-refractivity contribution is 7.08. The number of aromatic carboxylic acids is 1. The minimum atomic E-state index is -1.33. The number of hydrogen-bond acceptors (Lipinski definition) is 10. The number of hydrogen-bond donors (Lipinski definition) is 2. The van der Waals surface area contributed by atoms with Crippen molar-refractivity contribution in [2.75, 3.05) is 44.4 Å². The smallest absolute Gasteiger partial charge is 0.341 e. The van der Waals surface area contributed by atoms with Gasteiger partial charge in [-0.2, -0.15) is 4.37 Å². The standard InChI is InChI=1S/C23H28N6O6S/c1-4-34-10-15(11-35-5-2)26-21(31)14-7-28(8-14)17-6-13(3)18-19(30)16(22(32)33)9-29(20(18)27-17)23-24-12-25-36-23/h6,9,12,14-15H,4-5,7-8,10-11H2,1-3H3,(H,26,31)(H,32,33). The van der Waals surface area contributed by atoms with Crippen LogP contribution in [0.2, 0.25) is 0 Å². The third-order valence-corrected chi connectivity index (χ3v) is 6.56. The first-order valence-corrected chi connectivity index (χ1v) is 12.4. The Morgan fingerprint density at radius 3 is 2.53 bits per heavy atom. The Labute approximate surface area is 211 Å². The van der Waals surface area contributed by atoms with Crippen LogP contribution in [0.5, 0.6) is 0 Å². The van der Waals surface area contributed by atoms with E-state index < -0.39 is 11.4 Å². The van der Waals surface area contributed by atoms with Crippen molar-refractivity contribution in [3.05, 3.63) is 39.9 Å². The molecule has 0 aliphatic carbocycles. The number of nitrogens with zero attached hydrogens (tertiary/aromatic N) is 5. The minimum absolute atomic E-state index is 0.0787. The van der Waals surface area contributed by atoms with Crippen LogP contribution in [0.3, 0.4) is 0 Å². The van der Waals surface area contributed by atoms with Gasteiger partial charge < -0.3 is 24.8 Å². The summed E-state index contributed by atoms with van der Waals surface area (Å²) in [5.41, 5.74) is -0.101. The number of nitrogens with one attached hydrogen (secondary N) is 1. The van der Waals surface area contributed by atoms with Gasteiger partial charge in [0.25, 0.3) is 0 Å². The first kappa shape index (κ1) is 25.7. The zero-order valence-electron chi connectivity index (χ0n) is 20.3. The molecule has 12 nitrogen and oxygen atoms in total. The molecule has 0 saturated carbocycles. The number of anilines is 1. The van der Waals surface area contributed by atoms with Crippen molar-refractivity contribution in [1.82, 2.24) is 24.2 Å². The molecule has 0 spiro atoms. The van der Waals surface area contributed by atoms with E-state index in [4.69, 9.17) is 9.47 Å². The van der Waals surface area contributed by atoms with Crippen molar-refractivity contribution in [3.63, 3.8) is 0 Å². The number of ether oxygens (including phenoxy) is 2. The van der Waals surface area contributed by atoms with Gasteiger partial charge in [-0.05, 0) is 32.4 Å². The lowest BCUT2D eigenvalue weighted by Gasteiger charge is -2.40. The molecular weight excluding hydrogens is 488 g/mol. The van der Waals surface area contributed by atoms with E-state index in [1.165, 1.54) is 17.1 Å². The molecule has 3 aromatic heterocycles. The summed E-state index contributed by atoms with van der Waals surface area (Å²) >= 11 is 1.06. The maximum Gasteiger partial charge on any atom is 0.341 e. The maximum absolute atomic E-state index is 12.9. The molecule has 2 N–H and O–H groups in total. The molecule has 1 fully saturated rings. The lowest BCUT2D eigenvalue weighted by atomic mass is 9.98. The highest BCUT2D eigenvalue weighted by Gasteiger charge is 2.35. The number of pyridine rings is 2. The second-order valence-electron chi connectivity index (χ2n) is 8.39. The van der Waals surface area contributed by atoms with Crippen LogP contribution in [0.4, 0.5) is 5.82 Å². The molecule has 4 heterocycles. The molecule has 0 atom stereocenters. The van der Waals surface area contributed by atoms with Crippen molar-refractivity contribution in [3.8, 4) is 5.13 Å². The third kappa shape index (κ3) is 5.22. The van der Waals surface area contributed by atoms with Crippen LogP contribution in [0.25, 0.3) is 16.2 Å². The predicted molar refractivity (Wildman–Crippen MR) is 133 cm³/mol. The zero-order valence-corrected chi connectivity index (χ0v) is 21.1. The Bertz CT molecular complexity index is 1300. The Balaban J connectivity index is 1.57. The lowest BCUT2D eigenvalue weighted by molar-refractivity contribution is -0.127. The fourth-order valence-corrected chi connectivity index (χ4v) is 4.52. The number of aromatic nitrogens is 4. The van der Waals surface area contributed by atoms with Crippen molar-refractivity contribution >= 4 is 40.3 Å². The molecule has 4 rings (SSSR count). The minimum Gasteiger partial charge on any atom is -0.477 e. The van der Waals surface area contributed by atoms with Crippen LogP contribution in [0.15, 0.2) is 23.4 Å². The number of amides is 1. The van der Waals surface area contributed by atoms with Crippen molar-refractivity contribution in [2.45, 2.75) is 26.8 Å². The van der Waals surface area contributed by atoms with Gasteiger partial charge in [-0.25, -0.2) is 14.8 Å². The summed E-state index contributed by atoms with van der Waals surface area (Å²) in [7, 11) is 0. The van der Waals surface area contributed by atoms with E-state index in [0.717, 1.165) is 11.5 Å². The lowest BCUT2D eigenvalue weighted by Crippen LogP contribution is -2.56. The Morgan fingerprint density at radius 2 is 1.94 bits per heavy atom. The molecule has 13 heteroatoms. The third-order valence-electron chi connectivity index (χ3n) is 5.90. The highest BCUT2D eigenvalue weighted by atomic mass is 32.1. The summed E-state index contributed by atoms with van der Waals surface area (Å²) in [6.45, 7) is 8.31. The van der Waals surface area contributed by atoms with Crippen LogP contribution in [-0.4, -0.2) is 81.5 Å². The van der Waals surface area contributed by atoms with Gasteiger partial charge >= 0.3 is 5.97 Å². The van der Waals surface area contributed by atoms with E-state index in [9.17, 15) is 19.5 Å². The zero-order chi connectivity index (χ0) is 25.8. The number of carboxylic acid groups (broad SMARTS) is 1. The predicted octanol–water partition coefficient (Wildman–Crippen LogP) is 1.24. The van der Waals surface area contributed by atoms with Gasteiger partial charge in [0.15, 0.2) is 5.65 Å². The van der Waals surface area contributed by atoms with Gasteiger partial charge in [0.2, 0.25) is 16.5 Å². The largest absolute Gasteiger partial charge is 0.477 e. The average molecular weight is 517 g/mol. The topological polar surface area (TPSA) is 149 Å². The summed E-state index contributed by atoms with van der Waals surface area (Å²) in [4.78, 5) is 48.2. The number of rotatable bonds is 11. The van der Waals surface area contributed by atoms with Crippen LogP contribution in [0, 0.1) is 12.8 Å². The van der Waals surface area contributed by atoms with E-state index in [2.05, 4.69) is 19.7 Å². The Morgan fingerprint density at radius 1 is 1.25 bits per heavy atom. The SMILES string of the molecule is CCOCC(COCC)NC(=O)C1CN(c2cc(C)c3c(=O)c(C(=O)O)cn(-c4ncns4)c3n2)C1.